The van der Waals surface area contributed by atoms with Gasteiger partial charge in [0.25, 0.3) is 0 Å². The molecule has 1 aromatic heterocycles. The largest absolute Gasteiger partial charge is 0.477 e. The molecule has 0 radical (unpaired) electrons. The van der Waals surface area contributed by atoms with E-state index in [1.54, 1.807) is 0 Å². The lowest BCUT2D eigenvalue weighted by Crippen LogP contribution is -2.12. The fourth-order valence-corrected chi connectivity index (χ4v) is 2.63. The Morgan fingerprint density at radius 3 is 2.63 bits per heavy atom. The Hall–Kier alpha value is -1.32. The van der Waals surface area contributed by atoms with Crippen molar-refractivity contribution in [3.8, 4) is 5.88 Å². The fraction of sp³-hybridized carbons (Fsp3) is 0.733. The molecular weight excluding hydrogens is 238 g/mol. The summed E-state index contributed by atoms with van der Waals surface area (Å²) in [6.07, 6.45) is 7.23. The first-order chi connectivity index (χ1) is 9.24. The van der Waals surface area contributed by atoms with Gasteiger partial charge in [-0.25, -0.2) is 4.98 Å². The van der Waals surface area contributed by atoms with E-state index in [2.05, 4.69) is 22.2 Å². The predicted molar refractivity (Wildman–Crippen MR) is 77.8 cm³/mol. The lowest BCUT2D eigenvalue weighted by Gasteiger charge is -2.15. The Labute approximate surface area is 116 Å². The molecule has 0 saturated heterocycles. The number of anilines is 1. The molecular formula is C15H25N3O. The highest BCUT2D eigenvalue weighted by Gasteiger charge is 2.17. The van der Waals surface area contributed by atoms with Gasteiger partial charge in [0.2, 0.25) is 5.88 Å². The molecule has 1 saturated carbocycles. The second-order valence-electron chi connectivity index (χ2n) is 5.38. The maximum absolute atomic E-state index is 5.96. The molecule has 1 aromatic rings. The number of rotatable bonds is 6. The number of ether oxygens (including phenoxy) is 1. The number of aromatic nitrogens is 2. The van der Waals surface area contributed by atoms with Crippen molar-refractivity contribution in [3.63, 3.8) is 0 Å². The van der Waals surface area contributed by atoms with Crippen LogP contribution in [0.5, 0.6) is 5.88 Å². The summed E-state index contributed by atoms with van der Waals surface area (Å²) in [7, 11) is 1.89. The Morgan fingerprint density at radius 2 is 2.00 bits per heavy atom. The molecule has 4 heteroatoms. The zero-order valence-corrected chi connectivity index (χ0v) is 12.3. The normalized spacial score (nSPS) is 15.7. The number of nitrogens with one attached hydrogen (secondary N) is 1. The molecule has 0 atom stereocenters. The van der Waals surface area contributed by atoms with Gasteiger partial charge in [-0.15, -0.1) is 0 Å². The zero-order valence-electron chi connectivity index (χ0n) is 12.3. The van der Waals surface area contributed by atoms with Crippen molar-refractivity contribution in [1.29, 1.82) is 0 Å². The van der Waals surface area contributed by atoms with Gasteiger partial charge < -0.3 is 10.1 Å². The van der Waals surface area contributed by atoms with Gasteiger partial charge in [0.05, 0.1) is 12.2 Å². The van der Waals surface area contributed by atoms with Gasteiger partial charge in [-0.2, -0.15) is 4.98 Å². The SMILES string of the molecule is CCCc1nc(NC)c(C)c(OCC2CCCC2)n1. The Balaban J connectivity index is 2.09. The molecule has 1 aliphatic carbocycles. The molecule has 106 valence electrons. The van der Waals surface area contributed by atoms with Gasteiger partial charge in [0.15, 0.2) is 0 Å². The third kappa shape index (κ3) is 3.58. The van der Waals surface area contributed by atoms with Crippen LogP contribution in [0, 0.1) is 12.8 Å². The minimum absolute atomic E-state index is 0.710. The highest BCUT2D eigenvalue weighted by molar-refractivity contribution is 5.48. The summed E-state index contributed by atoms with van der Waals surface area (Å²) < 4.78 is 5.96. The lowest BCUT2D eigenvalue weighted by molar-refractivity contribution is 0.241. The average Bonchev–Trinajstić information content (AvgIpc) is 2.92. The molecule has 19 heavy (non-hydrogen) atoms. The van der Waals surface area contributed by atoms with Crippen LogP contribution in [0.4, 0.5) is 5.82 Å². The van der Waals surface area contributed by atoms with E-state index in [9.17, 15) is 0 Å². The van der Waals surface area contributed by atoms with Gasteiger partial charge in [0, 0.05) is 13.5 Å². The molecule has 0 amide bonds. The van der Waals surface area contributed by atoms with E-state index >= 15 is 0 Å². The second kappa shape index (κ2) is 6.73. The van der Waals surface area contributed by atoms with E-state index in [1.165, 1.54) is 25.7 Å². The summed E-state index contributed by atoms with van der Waals surface area (Å²) in [5.41, 5.74) is 1.01. The maximum atomic E-state index is 5.96. The summed E-state index contributed by atoms with van der Waals surface area (Å²) >= 11 is 0. The highest BCUT2D eigenvalue weighted by atomic mass is 16.5. The van der Waals surface area contributed by atoms with E-state index in [4.69, 9.17) is 4.74 Å². The number of nitrogens with zero attached hydrogens (tertiary/aromatic N) is 2. The standard InChI is InChI=1S/C15H25N3O/c1-4-7-13-17-14(16-3)11(2)15(18-13)19-10-12-8-5-6-9-12/h12H,4-10H2,1-3H3,(H,16,17,18). The molecule has 2 rings (SSSR count). The van der Waals surface area contributed by atoms with Crippen LogP contribution in [-0.2, 0) is 6.42 Å². The molecule has 0 spiro atoms. The van der Waals surface area contributed by atoms with Crippen LogP contribution in [0.1, 0.15) is 50.4 Å². The molecule has 0 unspecified atom stereocenters. The van der Waals surface area contributed by atoms with Crippen LogP contribution in [0.25, 0.3) is 0 Å². The first-order valence-corrected chi connectivity index (χ1v) is 7.42. The summed E-state index contributed by atoms with van der Waals surface area (Å²) in [6.45, 7) is 4.96. The zero-order chi connectivity index (χ0) is 13.7. The number of hydrogen-bond donors (Lipinski definition) is 1. The first-order valence-electron chi connectivity index (χ1n) is 7.42. The molecule has 4 nitrogen and oxygen atoms in total. The topological polar surface area (TPSA) is 47.0 Å². The molecule has 1 fully saturated rings. The maximum Gasteiger partial charge on any atom is 0.221 e. The van der Waals surface area contributed by atoms with E-state index in [-0.39, 0.29) is 0 Å². The van der Waals surface area contributed by atoms with Crippen LogP contribution in [-0.4, -0.2) is 23.6 Å². The summed E-state index contributed by atoms with van der Waals surface area (Å²) in [5, 5.41) is 3.13. The smallest absolute Gasteiger partial charge is 0.221 e. The van der Waals surface area contributed by atoms with Crippen molar-refractivity contribution in [3.05, 3.63) is 11.4 Å². The second-order valence-corrected chi connectivity index (χ2v) is 5.38. The average molecular weight is 263 g/mol. The van der Waals surface area contributed by atoms with E-state index < -0.39 is 0 Å². The van der Waals surface area contributed by atoms with Crippen molar-refractivity contribution in [2.24, 2.45) is 5.92 Å². The first kappa shape index (κ1) is 14.1. The number of hydrogen-bond acceptors (Lipinski definition) is 4. The van der Waals surface area contributed by atoms with Crippen molar-refractivity contribution in [2.45, 2.75) is 52.4 Å². The van der Waals surface area contributed by atoms with E-state index in [0.29, 0.717) is 5.92 Å². The lowest BCUT2D eigenvalue weighted by atomic mass is 10.1. The molecule has 1 aliphatic rings. The van der Waals surface area contributed by atoms with E-state index in [1.807, 2.05) is 14.0 Å². The van der Waals surface area contributed by atoms with Gasteiger partial charge in [-0.3, -0.25) is 0 Å². The third-order valence-corrected chi connectivity index (χ3v) is 3.79. The van der Waals surface area contributed by atoms with Crippen LogP contribution >= 0.6 is 0 Å². The summed E-state index contributed by atoms with van der Waals surface area (Å²) in [6, 6.07) is 0. The minimum Gasteiger partial charge on any atom is -0.477 e. The molecule has 0 bridgehead atoms. The molecule has 0 aliphatic heterocycles. The van der Waals surface area contributed by atoms with Crippen LogP contribution in [0.2, 0.25) is 0 Å². The molecule has 1 N–H and O–H groups in total. The van der Waals surface area contributed by atoms with Gasteiger partial charge in [-0.05, 0) is 32.1 Å². The minimum atomic E-state index is 0.710. The van der Waals surface area contributed by atoms with Gasteiger partial charge in [0.1, 0.15) is 11.6 Å². The quantitative estimate of drug-likeness (QED) is 0.855. The van der Waals surface area contributed by atoms with E-state index in [0.717, 1.165) is 42.5 Å². The van der Waals surface area contributed by atoms with Crippen molar-refractivity contribution in [2.75, 3.05) is 19.0 Å². The number of aryl methyl sites for hydroxylation is 1. The van der Waals surface area contributed by atoms with Crippen molar-refractivity contribution < 1.29 is 4.74 Å². The Bertz CT molecular complexity index is 414. The van der Waals surface area contributed by atoms with Crippen LogP contribution in [0.15, 0.2) is 0 Å². The summed E-state index contributed by atoms with van der Waals surface area (Å²) in [4.78, 5) is 9.08. The highest BCUT2D eigenvalue weighted by Crippen LogP contribution is 2.27. The Morgan fingerprint density at radius 1 is 1.26 bits per heavy atom. The Kier molecular flexibility index (Phi) is 5.00. The molecule has 1 heterocycles. The van der Waals surface area contributed by atoms with Gasteiger partial charge in [-0.1, -0.05) is 19.8 Å². The predicted octanol–water partition coefficient (Wildman–Crippen LogP) is 3.35. The summed E-state index contributed by atoms with van der Waals surface area (Å²) in [5.74, 6) is 3.23. The van der Waals surface area contributed by atoms with Crippen LogP contribution < -0.4 is 10.1 Å². The fourth-order valence-electron chi connectivity index (χ4n) is 2.63. The van der Waals surface area contributed by atoms with Gasteiger partial charge >= 0.3 is 0 Å². The van der Waals surface area contributed by atoms with Crippen molar-refractivity contribution >= 4 is 5.82 Å². The van der Waals surface area contributed by atoms with Crippen LogP contribution in [0.3, 0.4) is 0 Å². The molecule has 0 aromatic carbocycles. The third-order valence-electron chi connectivity index (χ3n) is 3.79. The van der Waals surface area contributed by atoms with Crippen molar-refractivity contribution in [1.82, 2.24) is 9.97 Å². The monoisotopic (exact) mass is 263 g/mol.